The summed E-state index contributed by atoms with van der Waals surface area (Å²) in [4.78, 5) is 40.2. The highest BCUT2D eigenvalue weighted by Gasteiger charge is 2.36. The van der Waals surface area contributed by atoms with Crippen LogP contribution in [0.1, 0.15) is 93.4 Å². The third-order valence-corrected chi connectivity index (χ3v) is 9.12. The van der Waals surface area contributed by atoms with Crippen molar-refractivity contribution in [2.45, 2.75) is 105 Å². The molecule has 256 valence electrons. The Morgan fingerprint density at radius 2 is 1.44 bits per heavy atom. The maximum Gasteiger partial charge on any atom is 0.227 e. The predicted molar refractivity (Wildman–Crippen MR) is 184 cm³/mol. The number of benzene rings is 1. The fourth-order valence-corrected chi connectivity index (χ4v) is 5.82. The van der Waals surface area contributed by atoms with Crippen molar-refractivity contribution in [1.29, 1.82) is 0 Å². The van der Waals surface area contributed by atoms with Crippen molar-refractivity contribution >= 4 is 29.8 Å². The predicted octanol–water partition coefficient (Wildman–Crippen LogP) is 6.27. The number of morpholine rings is 1. The van der Waals surface area contributed by atoms with Gasteiger partial charge in [-0.25, -0.2) is 0 Å². The van der Waals surface area contributed by atoms with E-state index in [4.69, 9.17) is 16.3 Å². The van der Waals surface area contributed by atoms with Gasteiger partial charge in [-0.05, 0) is 90.3 Å². The Morgan fingerprint density at radius 3 is 1.87 bits per heavy atom. The van der Waals surface area contributed by atoms with Crippen LogP contribution in [0, 0.1) is 17.3 Å². The molecule has 1 aromatic rings. The lowest BCUT2D eigenvalue weighted by Gasteiger charge is -2.31. The number of rotatable bonds is 3. The van der Waals surface area contributed by atoms with Gasteiger partial charge < -0.3 is 19.9 Å². The van der Waals surface area contributed by atoms with Gasteiger partial charge in [-0.3, -0.25) is 19.3 Å². The molecule has 1 N–H and O–H groups in total. The molecule has 5 rings (SSSR count). The third-order valence-electron chi connectivity index (χ3n) is 8.86. The van der Waals surface area contributed by atoms with E-state index >= 15 is 0 Å². The maximum atomic E-state index is 12.2. The topological polar surface area (TPSA) is 82.2 Å². The van der Waals surface area contributed by atoms with Crippen LogP contribution in [-0.2, 0) is 19.1 Å². The molecule has 3 heterocycles. The molecule has 9 heteroatoms. The van der Waals surface area contributed by atoms with Gasteiger partial charge in [-0.15, -0.1) is 0 Å². The molecule has 1 aliphatic carbocycles. The van der Waals surface area contributed by atoms with E-state index in [1.165, 1.54) is 25.7 Å². The Hall–Kier alpha value is -2.16. The van der Waals surface area contributed by atoms with Crippen LogP contribution in [0.3, 0.4) is 0 Å². The largest absolute Gasteiger partial charge is 0.378 e. The molecule has 4 fully saturated rings. The maximum absolute atomic E-state index is 12.2. The normalized spacial score (nSPS) is 23.8. The van der Waals surface area contributed by atoms with Crippen molar-refractivity contribution in [3.05, 3.63) is 35.4 Å². The molecule has 8 nitrogen and oxygen atoms in total. The van der Waals surface area contributed by atoms with Crippen LogP contribution in [0.5, 0.6) is 0 Å². The van der Waals surface area contributed by atoms with Gasteiger partial charge in [0.15, 0.2) is 0 Å². The van der Waals surface area contributed by atoms with Crippen molar-refractivity contribution in [2.24, 2.45) is 17.3 Å². The number of nitrogens with one attached hydrogen (secondary N) is 1. The molecule has 0 bridgehead atoms. The van der Waals surface area contributed by atoms with E-state index in [-0.39, 0.29) is 22.8 Å². The first-order valence-corrected chi connectivity index (χ1v) is 17.4. The molecule has 3 amide bonds. The number of halogens is 1. The zero-order valence-electron chi connectivity index (χ0n) is 29.2. The van der Waals surface area contributed by atoms with Crippen LogP contribution < -0.4 is 5.32 Å². The monoisotopic (exact) mass is 648 g/mol. The first-order chi connectivity index (χ1) is 21.2. The summed E-state index contributed by atoms with van der Waals surface area (Å²) in [5, 5.41) is 3.93. The zero-order valence-corrected chi connectivity index (χ0v) is 29.9. The Balaban J connectivity index is 0.000000221. The van der Waals surface area contributed by atoms with Crippen LogP contribution in [0.15, 0.2) is 30.3 Å². The average molecular weight is 649 g/mol. The van der Waals surface area contributed by atoms with Crippen molar-refractivity contribution in [3.8, 4) is 0 Å². The lowest BCUT2D eigenvalue weighted by Crippen LogP contribution is -2.43. The smallest absolute Gasteiger partial charge is 0.227 e. The van der Waals surface area contributed by atoms with Crippen molar-refractivity contribution in [1.82, 2.24) is 20.0 Å². The molecule has 1 saturated carbocycles. The van der Waals surface area contributed by atoms with Crippen molar-refractivity contribution in [2.75, 3.05) is 52.5 Å². The fourth-order valence-electron chi connectivity index (χ4n) is 5.67. The summed E-state index contributed by atoms with van der Waals surface area (Å²) in [6, 6.07) is 9.87. The summed E-state index contributed by atoms with van der Waals surface area (Å²) >= 11 is 5.54. The van der Waals surface area contributed by atoms with Crippen LogP contribution in [0.4, 0.5) is 0 Å². The SMILES string of the molecule is CC(C)(C)N1CCC(C(=O)N2CCCC2)C1.CC1CCC(NC(=O)C(C)(C)C)CC1.Clc1ccccc1.O=CN1CCOCC1. The van der Waals surface area contributed by atoms with Gasteiger partial charge >= 0.3 is 0 Å². The lowest BCUT2D eigenvalue weighted by molar-refractivity contribution is -0.134. The fraction of sp³-hybridized carbons (Fsp3) is 0.750. The second-order valence-electron chi connectivity index (χ2n) is 14.9. The molecule has 45 heavy (non-hydrogen) atoms. The summed E-state index contributed by atoms with van der Waals surface area (Å²) in [6.45, 7) is 21.8. The molecule has 4 aliphatic rings. The van der Waals surface area contributed by atoms with Crippen molar-refractivity contribution < 1.29 is 19.1 Å². The molecule has 3 aliphatic heterocycles. The molecule has 0 radical (unpaired) electrons. The Morgan fingerprint density at radius 1 is 0.867 bits per heavy atom. The van der Waals surface area contributed by atoms with Crippen LogP contribution in [0.2, 0.25) is 5.02 Å². The number of nitrogens with zero attached hydrogens (tertiary/aromatic N) is 3. The molecule has 0 spiro atoms. The van der Waals surface area contributed by atoms with Crippen LogP contribution >= 0.6 is 11.6 Å². The number of hydrogen-bond donors (Lipinski definition) is 1. The number of ether oxygens (including phenoxy) is 1. The van der Waals surface area contributed by atoms with Crippen LogP contribution in [0.25, 0.3) is 0 Å². The summed E-state index contributed by atoms with van der Waals surface area (Å²) in [5.74, 6) is 1.71. The minimum atomic E-state index is -0.247. The average Bonchev–Trinajstić information content (AvgIpc) is 3.73. The minimum Gasteiger partial charge on any atom is -0.378 e. The number of carbonyl (C=O) groups excluding carboxylic acids is 3. The highest BCUT2D eigenvalue weighted by molar-refractivity contribution is 6.30. The first-order valence-electron chi connectivity index (χ1n) is 17.0. The van der Waals surface area contributed by atoms with Gasteiger partial charge in [0.25, 0.3) is 0 Å². The van der Waals surface area contributed by atoms with Crippen LogP contribution in [-0.4, -0.2) is 97.0 Å². The van der Waals surface area contributed by atoms with E-state index in [9.17, 15) is 14.4 Å². The second-order valence-corrected chi connectivity index (χ2v) is 15.3. The Kier molecular flexibility index (Phi) is 16.9. The molecular formula is C36H61ClN4O4. The zero-order chi connectivity index (χ0) is 33.5. The van der Waals surface area contributed by atoms with E-state index in [1.54, 1.807) is 4.90 Å². The molecule has 1 aromatic carbocycles. The van der Waals surface area contributed by atoms with Gasteiger partial charge in [0.2, 0.25) is 18.2 Å². The molecular weight excluding hydrogens is 588 g/mol. The summed E-state index contributed by atoms with van der Waals surface area (Å²) in [5.41, 5.74) is -0.0386. The highest BCUT2D eigenvalue weighted by atomic mass is 35.5. The second kappa shape index (κ2) is 19.5. The highest BCUT2D eigenvalue weighted by Crippen LogP contribution is 2.27. The standard InChI is InChI=1S/C13H24N2O.C12H23NO.C6H5Cl.C5H9NO2/c1-13(2,3)15-9-6-11(10-15)12(16)14-7-4-5-8-14;1-9-5-7-10(8-6-9)13-11(14)12(2,3)4;7-6-4-2-1-3-5-6;7-5-6-1-3-8-4-2-6/h11H,4-10H2,1-3H3;9-10H,5-8H2,1-4H3,(H,13,14);1-5H;5H,1-4H2. The van der Waals surface area contributed by atoms with E-state index < -0.39 is 0 Å². The number of carbonyl (C=O) groups is 3. The molecule has 0 aromatic heterocycles. The summed E-state index contributed by atoms with van der Waals surface area (Å²) in [6.07, 6.45) is 9.13. The van der Waals surface area contributed by atoms with Gasteiger partial charge in [-0.2, -0.15) is 0 Å². The number of hydrogen-bond acceptors (Lipinski definition) is 5. The van der Waals surface area contributed by atoms with Gasteiger partial charge in [0.05, 0.1) is 19.1 Å². The molecule has 1 unspecified atom stereocenters. The summed E-state index contributed by atoms with van der Waals surface area (Å²) in [7, 11) is 0. The lowest BCUT2D eigenvalue weighted by atomic mass is 9.86. The minimum absolute atomic E-state index is 0.192. The number of likely N-dealkylation sites (tertiary alicyclic amines) is 2. The van der Waals surface area contributed by atoms with Crippen molar-refractivity contribution in [3.63, 3.8) is 0 Å². The van der Waals surface area contributed by atoms with Gasteiger partial charge in [0, 0.05) is 54.7 Å². The van der Waals surface area contributed by atoms with Gasteiger partial charge in [-0.1, -0.05) is 57.5 Å². The summed E-state index contributed by atoms with van der Waals surface area (Å²) < 4.78 is 5.00. The Bertz CT molecular complexity index is 991. The number of amides is 3. The van der Waals surface area contributed by atoms with E-state index in [0.717, 1.165) is 75.9 Å². The first kappa shape index (κ1) is 39.0. The molecule has 3 saturated heterocycles. The quantitative estimate of drug-likeness (QED) is 0.391. The Labute approximate surface area is 278 Å². The van der Waals surface area contributed by atoms with E-state index in [2.05, 4.69) is 42.8 Å². The van der Waals surface area contributed by atoms with Gasteiger partial charge in [0.1, 0.15) is 0 Å². The third kappa shape index (κ3) is 15.3. The van der Waals surface area contributed by atoms with E-state index in [0.29, 0.717) is 25.2 Å². The molecule has 1 atom stereocenters. The van der Waals surface area contributed by atoms with E-state index in [1.807, 2.05) is 51.1 Å².